The molecular formula is C16H19N5O4. The van der Waals surface area contributed by atoms with E-state index in [9.17, 15) is 9.59 Å². The number of aromatic nitrogens is 4. The van der Waals surface area contributed by atoms with Gasteiger partial charge in [0.2, 0.25) is 17.7 Å². The molecule has 0 aliphatic carbocycles. The van der Waals surface area contributed by atoms with Crippen LogP contribution in [-0.2, 0) is 11.3 Å². The monoisotopic (exact) mass is 345 g/mol. The first-order chi connectivity index (χ1) is 12.2. The van der Waals surface area contributed by atoms with Crippen molar-refractivity contribution in [1.82, 2.24) is 24.6 Å². The third-order valence-electron chi connectivity index (χ3n) is 3.89. The summed E-state index contributed by atoms with van der Waals surface area (Å²) in [4.78, 5) is 34.0. The van der Waals surface area contributed by atoms with Crippen molar-refractivity contribution in [2.45, 2.75) is 25.5 Å². The highest BCUT2D eigenvalue weighted by Gasteiger charge is 2.25. The van der Waals surface area contributed by atoms with Gasteiger partial charge in [-0.05, 0) is 18.9 Å². The largest absolute Gasteiger partial charge is 0.480 e. The first-order valence-corrected chi connectivity index (χ1v) is 7.98. The van der Waals surface area contributed by atoms with E-state index >= 15 is 0 Å². The first-order valence-electron chi connectivity index (χ1n) is 7.98. The van der Waals surface area contributed by atoms with Gasteiger partial charge in [-0.1, -0.05) is 0 Å². The molecular weight excluding hydrogens is 326 g/mol. The summed E-state index contributed by atoms with van der Waals surface area (Å²) in [5, 5.41) is 3.91. The van der Waals surface area contributed by atoms with Gasteiger partial charge in [0.05, 0.1) is 26.0 Å². The van der Waals surface area contributed by atoms with E-state index in [0.29, 0.717) is 24.8 Å². The number of rotatable bonds is 5. The van der Waals surface area contributed by atoms with E-state index < -0.39 is 0 Å². The zero-order valence-corrected chi connectivity index (χ0v) is 13.9. The van der Waals surface area contributed by atoms with E-state index in [4.69, 9.17) is 9.47 Å². The van der Waals surface area contributed by atoms with Crippen LogP contribution in [0.1, 0.15) is 12.8 Å². The van der Waals surface area contributed by atoms with Crippen LogP contribution < -0.4 is 15.0 Å². The topological polar surface area (TPSA) is 99.4 Å². The van der Waals surface area contributed by atoms with Crippen LogP contribution in [0.25, 0.3) is 0 Å². The predicted octanol–water partition coefficient (Wildman–Crippen LogP) is 0.112. The second-order valence-electron chi connectivity index (χ2n) is 5.64. The van der Waals surface area contributed by atoms with Crippen LogP contribution in [0.15, 0.2) is 35.5 Å². The second kappa shape index (κ2) is 7.73. The van der Waals surface area contributed by atoms with E-state index in [-0.39, 0.29) is 24.1 Å². The minimum Gasteiger partial charge on any atom is -0.480 e. The lowest BCUT2D eigenvalue weighted by Gasteiger charge is -2.32. The molecule has 1 aliphatic heterocycles. The Hall–Kier alpha value is -2.97. The van der Waals surface area contributed by atoms with Crippen molar-refractivity contribution in [3.63, 3.8) is 0 Å². The minimum absolute atomic E-state index is 0.0780. The van der Waals surface area contributed by atoms with Gasteiger partial charge in [-0.25, -0.2) is 4.68 Å². The van der Waals surface area contributed by atoms with Crippen molar-refractivity contribution < 1.29 is 14.3 Å². The highest BCUT2D eigenvalue weighted by molar-refractivity contribution is 5.76. The molecule has 0 radical (unpaired) electrons. The molecule has 3 rings (SSSR count). The van der Waals surface area contributed by atoms with Gasteiger partial charge in [0.25, 0.3) is 5.56 Å². The van der Waals surface area contributed by atoms with Gasteiger partial charge in [-0.15, -0.1) is 0 Å². The Morgan fingerprint density at radius 2 is 2.20 bits per heavy atom. The van der Waals surface area contributed by atoms with Crippen LogP contribution in [0.4, 0.5) is 0 Å². The highest BCUT2D eigenvalue weighted by Crippen LogP contribution is 2.18. The maximum Gasteiger partial charge on any atom is 0.267 e. The van der Waals surface area contributed by atoms with Crippen molar-refractivity contribution >= 4 is 5.91 Å². The fourth-order valence-electron chi connectivity index (χ4n) is 2.65. The average Bonchev–Trinajstić information content (AvgIpc) is 2.64. The molecule has 9 nitrogen and oxygen atoms in total. The quantitative estimate of drug-likeness (QED) is 0.758. The van der Waals surface area contributed by atoms with E-state index in [1.165, 1.54) is 31.8 Å². The van der Waals surface area contributed by atoms with Gasteiger partial charge < -0.3 is 14.4 Å². The number of carbonyl (C=O) groups excluding carboxylic acids is 1. The van der Waals surface area contributed by atoms with E-state index in [2.05, 4.69) is 15.1 Å². The number of piperidine rings is 1. The van der Waals surface area contributed by atoms with Crippen LogP contribution in [0, 0.1) is 0 Å². The summed E-state index contributed by atoms with van der Waals surface area (Å²) in [6, 6.07) is 2.92. The predicted molar refractivity (Wildman–Crippen MR) is 87.3 cm³/mol. The number of hydrogen-bond donors (Lipinski definition) is 0. The SMILES string of the molecule is COc1cncc(O[C@@H]2CCCN(C(=O)Cn3ncccc3=O)C2)n1. The fourth-order valence-corrected chi connectivity index (χ4v) is 2.65. The van der Waals surface area contributed by atoms with Crippen molar-refractivity contribution in [1.29, 1.82) is 0 Å². The molecule has 3 heterocycles. The number of ether oxygens (including phenoxy) is 2. The summed E-state index contributed by atoms with van der Waals surface area (Å²) in [5.41, 5.74) is -0.299. The number of amides is 1. The molecule has 9 heteroatoms. The maximum absolute atomic E-state index is 12.4. The summed E-state index contributed by atoms with van der Waals surface area (Å²) < 4.78 is 12.0. The van der Waals surface area contributed by atoms with Gasteiger partial charge >= 0.3 is 0 Å². The Morgan fingerprint density at radius 1 is 1.36 bits per heavy atom. The van der Waals surface area contributed by atoms with E-state index in [0.717, 1.165) is 17.5 Å². The molecule has 132 valence electrons. The summed E-state index contributed by atoms with van der Waals surface area (Å²) in [5.74, 6) is 0.571. The minimum atomic E-state index is -0.299. The Morgan fingerprint density at radius 3 is 3.00 bits per heavy atom. The normalized spacial score (nSPS) is 17.2. The second-order valence-corrected chi connectivity index (χ2v) is 5.64. The van der Waals surface area contributed by atoms with Gasteiger partial charge in [0, 0.05) is 18.8 Å². The molecule has 1 atom stereocenters. The number of likely N-dealkylation sites (tertiary alicyclic amines) is 1. The van der Waals surface area contributed by atoms with Gasteiger partial charge in [-0.3, -0.25) is 14.6 Å². The number of carbonyl (C=O) groups is 1. The lowest BCUT2D eigenvalue weighted by molar-refractivity contribution is -0.134. The maximum atomic E-state index is 12.4. The zero-order chi connectivity index (χ0) is 17.6. The molecule has 0 spiro atoms. The van der Waals surface area contributed by atoms with Crippen LogP contribution in [0.2, 0.25) is 0 Å². The van der Waals surface area contributed by atoms with Crippen molar-refractivity contribution in [2.24, 2.45) is 0 Å². The summed E-state index contributed by atoms with van der Waals surface area (Å²) in [6.45, 7) is 0.981. The van der Waals surface area contributed by atoms with Crippen LogP contribution in [0.5, 0.6) is 11.8 Å². The molecule has 2 aromatic rings. The molecule has 1 aliphatic rings. The lowest BCUT2D eigenvalue weighted by atomic mass is 10.1. The molecule has 25 heavy (non-hydrogen) atoms. The Balaban J connectivity index is 1.61. The number of nitrogens with zero attached hydrogens (tertiary/aromatic N) is 5. The Bertz CT molecular complexity index is 794. The Labute approximate surface area is 144 Å². The average molecular weight is 345 g/mol. The first kappa shape index (κ1) is 16.9. The summed E-state index contributed by atoms with van der Waals surface area (Å²) in [6.07, 6.45) is 5.93. The van der Waals surface area contributed by atoms with Crippen molar-refractivity contribution in [3.8, 4) is 11.8 Å². The fraction of sp³-hybridized carbons (Fsp3) is 0.438. The van der Waals surface area contributed by atoms with Gasteiger partial charge in [-0.2, -0.15) is 10.1 Å². The molecule has 1 amide bonds. The summed E-state index contributed by atoms with van der Waals surface area (Å²) >= 11 is 0. The molecule has 2 aromatic heterocycles. The summed E-state index contributed by atoms with van der Waals surface area (Å²) in [7, 11) is 1.51. The molecule has 1 saturated heterocycles. The molecule has 1 fully saturated rings. The number of hydrogen-bond acceptors (Lipinski definition) is 7. The zero-order valence-electron chi connectivity index (χ0n) is 13.9. The smallest absolute Gasteiger partial charge is 0.267 e. The van der Waals surface area contributed by atoms with Crippen LogP contribution in [0.3, 0.4) is 0 Å². The van der Waals surface area contributed by atoms with E-state index in [1.807, 2.05) is 0 Å². The van der Waals surface area contributed by atoms with Crippen LogP contribution >= 0.6 is 0 Å². The molecule has 0 N–H and O–H groups in total. The van der Waals surface area contributed by atoms with Crippen molar-refractivity contribution in [2.75, 3.05) is 20.2 Å². The molecule has 0 bridgehead atoms. The van der Waals surface area contributed by atoms with Crippen molar-refractivity contribution in [3.05, 3.63) is 41.1 Å². The molecule has 0 saturated carbocycles. The third-order valence-corrected chi connectivity index (χ3v) is 3.89. The van der Waals surface area contributed by atoms with Gasteiger partial charge in [0.1, 0.15) is 12.6 Å². The molecule has 0 unspecified atom stereocenters. The highest BCUT2D eigenvalue weighted by atomic mass is 16.5. The van der Waals surface area contributed by atoms with Gasteiger partial charge in [0.15, 0.2) is 0 Å². The third kappa shape index (κ3) is 4.31. The standard InChI is InChI=1S/C16H19N5O4/c1-24-13-8-17-9-14(19-13)25-12-4-3-7-20(10-12)16(23)11-21-15(22)5-2-6-18-21/h2,5-6,8-9,12H,3-4,7,10-11H2,1H3/t12-/m1/s1. The van der Waals surface area contributed by atoms with Crippen LogP contribution in [-0.4, -0.2) is 56.9 Å². The van der Waals surface area contributed by atoms with E-state index in [1.54, 1.807) is 11.0 Å². The lowest BCUT2D eigenvalue weighted by Crippen LogP contribution is -2.46. The number of methoxy groups -OCH3 is 1. The Kier molecular flexibility index (Phi) is 5.22. The molecule has 0 aromatic carbocycles.